The van der Waals surface area contributed by atoms with Crippen molar-refractivity contribution in [2.24, 2.45) is 0 Å². The van der Waals surface area contributed by atoms with Gasteiger partial charge in [0, 0.05) is 32.2 Å². The van der Waals surface area contributed by atoms with Gasteiger partial charge >= 0.3 is 6.09 Å². The number of anilines is 1. The molecule has 0 N–H and O–H groups in total. The summed E-state index contributed by atoms with van der Waals surface area (Å²) in [6.45, 7) is 10.3. The average Bonchev–Trinajstić information content (AvgIpc) is 2.61. The van der Waals surface area contributed by atoms with Gasteiger partial charge in [-0.25, -0.2) is 14.8 Å². The standard InChI is InChI=1S/C15H23ClN4O2/c1-11-17-12(16)10-13(18-11)19-6-5-7-20(9-8-19)14(21)22-15(2,3)4/h10H,5-9H2,1-4H3. The molecule has 2 heterocycles. The predicted molar refractivity (Wildman–Crippen MR) is 86.4 cm³/mol. The van der Waals surface area contributed by atoms with E-state index in [4.69, 9.17) is 16.3 Å². The SMILES string of the molecule is Cc1nc(Cl)cc(N2CCCN(C(=O)OC(C)(C)C)CC2)n1. The summed E-state index contributed by atoms with van der Waals surface area (Å²) >= 11 is 6.00. The smallest absolute Gasteiger partial charge is 0.410 e. The van der Waals surface area contributed by atoms with Gasteiger partial charge in [0.2, 0.25) is 0 Å². The molecule has 0 aromatic carbocycles. The van der Waals surface area contributed by atoms with Gasteiger partial charge in [-0.1, -0.05) is 11.6 Å². The lowest BCUT2D eigenvalue weighted by atomic mass is 10.2. The monoisotopic (exact) mass is 326 g/mol. The summed E-state index contributed by atoms with van der Waals surface area (Å²) in [5.74, 6) is 1.46. The Morgan fingerprint density at radius 1 is 1.23 bits per heavy atom. The molecule has 0 spiro atoms. The number of aromatic nitrogens is 2. The first-order valence-corrected chi connectivity index (χ1v) is 7.86. The number of hydrogen-bond acceptors (Lipinski definition) is 5. The van der Waals surface area contributed by atoms with Crippen LogP contribution in [0.5, 0.6) is 0 Å². The number of carbonyl (C=O) groups is 1. The molecule has 122 valence electrons. The van der Waals surface area contributed by atoms with E-state index in [1.165, 1.54) is 0 Å². The lowest BCUT2D eigenvalue weighted by molar-refractivity contribution is 0.0263. The molecule has 0 bridgehead atoms. The van der Waals surface area contributed by atoms with Crippen molar-refractivity contribution in [2.45, 2.75) is 39.7 Å². The molecule has 6 nitrogen and oxygen atoms in total. The Morgan fingerprint density at radius 2 is 1.95 bits per heavy atom. The molecule has 0 radical (unpaired) electrons. The van der Waals surface area contributed by atoms with Crippen LogP contribution in [0.15, 0.2) is 6.07 Å². The van der Waals surface area contributed by atoms with Gasteiger partial charge in [0.05, 0.1) is 0 Å². The molecule has 0 atom stereocenters. The first kappa shape index (κ1) is 16.8. The van der Waals surface area contributed by atoms with Gasteiger partial charge in [0.15, 0.2) is 0 Å². The molecular formula is C15H23ClN4O2. The van der Waals surface area contributed by atoms with Crippen LogP contribution in [0.3, 0.4) is 0 Å². The molecule has 1 aromatic heterocycles. The van der Waals surface area contributed by atoms with Crippen LogP contribution in [-0.2, 0) is 4.74 Å². The molecular weight excluding hydrogens is 304 g/mol. The third-order valence-electron chi connectivity index (χ3n) is 3.26. The van der Waals surface area contributed by atoms with E-state index in [2.05, 4.69) is 14.9 Å². The van der Waals surface area contributed by atoms with Gasteiger partial charge in [-0.15, -0.1) is 0 Å². The highest BCUT2D eigenvalue weighted by Crippen LogP contribution is 2.18. The van der Waals surface area contributed by atoms with E-state index in [0.717, 1.165) is 18.8 Å². The third-order valence-corrected chi connectivity index (χ3v) is 3.46. The number of ether oxygens (including phenoxy) is 1. The van der Waals surface area contributed by atoms with E-state index < -0.39 is 5.60 Å². The summed E-state index contributed by atoms with van der Waals surface area (Å²) in [7, 11) is 0. The number of aryl methyl sites for hydroxylation is 1. The number of nitrogens with zero attached hydrogens (tertiary/aromatic N) is 4. The number of carbonyl (C=O) groups excluding carboxylic acids is 1. The zero-order valence-electron chi connectivity index (χ0n) is 13.6. The Kier molecular flexibility index (Phi) is 5.11. The zero-order valence-corrected chi connectivity index (χ0v) is 14.4. The fraction of sp³-hybridized carbons (Fsp3) is 0.667. The topological polar surface area (TPSA) is 58.6 Å². The Morgan fingerprint density at radius 3 is 2.59 bits per heavy atom. The maximum Gasteiger partial charge on any atom is 0.410 e. The molecule has 1 fully saturated rings. The summed E-state index contributed by atoms with van der Waals surface area (Å²) in [5, 5.41) is 0.441. The van der Waals surface area contributed by atoms with Gasteiger partial charge in [0.1, 0.15) is 22.4 Å². The van der Waals surface area contributed by atoms with E-state index in [-0.39, 0.29) is 6.09 Å². The van der Waals surface area contributed by atoms with E-state index >= 15 is 0 Å². The summed E-state index contributed by atoms with van der Waals surface area (Å²) in [5.41, 5.74) is -0.472. The van der Waals surface area contributed by atoms with Crippen LogP contribution in [0.25, 0.3) is 0 Å². The molecule has 22 heavy (non-hydrogen) atoms. The Bertz CT molecular complexity index is 525. The van der Waals surface area contributed by atoms with Crippen LogP contribution in [-0.4, -0.2) is 52.7 Å². The molecule has 1 aromatic rings. The van der Waals surface area contributed by atoms with Crippen molar-refractivity contribution in [1.82, 2.24) is 14.9 Å². The normalized spacial score (nSPS) is 16.4. The molecule has 0 unspecified atom stereocenters. The van der Waals surface area contributed by atoms with Crippen molar-refractivity contribution in [3.05, 3.63) is 17.0 Å². The van der Waals surface area contributed by atoms with Crippen LogP contribution in [0, 0.1) is 6.92 Å². The second-order valence-electron chi connectivity index (χ2n) is 6.40. The minimum absolute atomic E-state index is 0.258. The Balaban J connectivity index is 2.02. The Labute approximate surface area is 136 Å². The van der Waals surface area contributed by atoms with Crippen LogP contribution in [0.4, 0.5) is 10.6 Å². The number of hydrogen-bond donors (Lipinski definition) is 0. The maximum absolute atomic E-state index is 12.2. The first-order valence-electron chi connectivity index (χ1n) is 7.49. The highest BCUT2D eigenvalue weighted by atomic mass is 35.5. The van der Waals surface area contributed by atoms with E-state index in [0.29, 0.717) is 30.6 Å². The third kappa shape index (κ3) is 4.73. The minimum atomic E-state index is -0.472. The van der Waals surface area contributed by atoms with Crippen molar-refractivity contribution in [3.63, 3.8) is 0 Å². The van der Waals surface area contributed by atoms with Crippen LogP contribution in [0.1, 0.15) is 33.0 Å². The second kappa shape index (κ2) is 6.69. The van der Waals surface area contributed by atoms with E-state index in [9.17, 15) is 4.79 Å². The minimum Gasteiger partial charge on any atom is -0.444 e. The summed E-state index contributed by atoms with van der Waals surface area (Å²) in [4.78, 5) is 24.5. The number of rotatable bonds is 1. The van der Waals surface area contributed by atoms with Gasteiger partial charge in [-0.2, -0.15) is 0 Å². The largest absolute Gasteiger partial charge is 0.444 e. The van der Waals surface area contributed by atoms with Crippen LogP contribution < -0.4 is 4.90 Å². The highest BCUT2D eigenvalue weighted by Gasteiger charge is 2.25. The predicted octanol–water partition coefficient (Wildman–Crippen LogP) is 2.89. The molecule has 1 amide bonds. The molecule has 0 aliphatic carbocycles. The molecule has 2 rings (SSSR count). The van der Waals surface area contributed by atoms with E-state index in [1.807, 2.05) is 27.7 Å². The van der Waals surface area contributed by atoms with Gasteiger partial charge in [0.25, 0.3) is 0 Å². The Hall–Kier alpha value is -1.56. The molecule has 1 aliphatic heterocycles. The van der Waals surface area contributed by atoms with Crippen molar-refractivity contribution >= 4 is 23.5 Å². The van der Waals surface area contributed by atoms with Gasteiger partial charge < -0.3 is 14.5 Å². The quantitative estimate of drug-likeness (QED) is 0.743. The summed E-state index contributed by atoms with van der Waals surface area (Å²) < 4.78 is 5.43. The van der Waals surface area contributed by atoms with Crippen LogP contribution in [0.2, 0.25) is 5.15 Å². The lowest BCUT2D eigenvalue weighted by Gasteiger charge is -2.26. The van der Waals surface area contributed by atoms with Crippen molar-refractivity contribution in [2.75, 3.05) is 31.1 Å². The summed E-state index contributed by atoms with van der Waals surface area (Å²) in [6.07, 6.45) is 0.603. The van der Waals surface area contributed by atoms with Gasteiger partial charge in [-0.3, -0.25) is 0 Å². The molecule has 1 saturated heterocycles. The molecule has 1 aliphatic rings. The van der Waals surface area contributed by atoms with E-state index in [1.54, 1.807) is 11.0 Å². The maximum atomic E-state index is 12.2. The van der Waals surface area contributed by atoms with Crippen molar-refractivity contribution < 1.29 is 9.53 Å². The second-order valence-corrected chi connectivity index (χ2v) is 6.79. The van der Waals surface area contributed by atoms with Gasteiger partial charge in [-0.05, 0) is 34.1 Å². The van der Waals surface area contributed by atoms with Crippen molar-refractivity contribution in [1.29, 1.82) is 0 Å². The van der Waals surface area contributed by atoms with Crippen LogP contribution >= 0.6 is 11.6 Å². The summed E-state index contributed by atoms with van der Waals surface area (Å²) in [6, 6.07) is 1.76. The lowest BCUT2D eigenvalue weighted by Crippen LogP contribution is -2.39. The molecule has 0 saturated carbocycles. The average molecular weight is 327 g/mol. The fourth-order valence-electron chi connectivity index (χ4n) is 2.33. The fourth-order valence-corrected chi connectivity index (χ4v) is 2.55. The number of halogens is 1. The number of amides is 1. The highest BCUT2D eigenvalue weighted by molar-refractivity contribution is 6.29. The molecule has 7 heteroatoms. The van der Waals surface area contributed by atoms with Crippen molar-refractivity contribution in [3.8, 4) is 0 Å². The first-order chi connectivity index (χ1) is 10.2. The zero-order chi connectivity index (χ0) is 16.3.